The molecule has 0 saturated heterocycles. The molecule has 1 aliphatic rings. The molecule has 90 valence electrons. The highest BCUT2D eigenvalue weighted by atomic mass is 35.5. The van der Waals surface area contributed by atoms with Gasteiger partial charge < -0.3 is 11.1 Å². The Bertz CT molecular complexity index is 340. The summed E-state index contributed by atoms with van der Waals surface area (Å²) in [4.78, 5) is 1.31. The molecule has 0 aliphatic heterocycles. The van der Waals surface area contributed by atoms with Crippen LogP contribution in [-0.4, -0.2) is 12.6 Å². The molecule has 1 aliphatic carbocycles. The smallest absolute Gasteiger partial charge is 0.0931 e. The molecule has 0 radical (unpaired) electrons. The average molecular weight is 259 g/mol. The molecule has 4 heteroatoms. The predicted molar refractivity (Wildman–Crippen MR) is 71.1 cm³/mol. The molecule has 3 N–H and O–H groups in total. The van der Waals surface area contributed by atoms with Gasteiger partial charge >= 0.3 is 0 Å². The summed E-state index contributed by atoms with van der Waals surface area (Å²) in [5.41, 5.74) is 5.78. The van der Waals surface area contributed by atoms with Crippen molar-refractivity contribution in [2.24, 2.45) is 11.7 Å². The maximum absolute atomic E-state index is 5.95. The van der Waals surface area contributed by atoms with E-state index >= 15 is 0 Å². The van der Waals surface area contributed by atoms with Crippen LogP contribution in [0.15, 0.2) is 12.1 Å². The molecule has 0 amide bonds. The van der Waals surface area contributed by atoms with E-state index in [1.54, 1.807) is 11.3 Å². The van der Waals surface area contributed by atoms with E-state index in [0.717, 1.165) is 10.9 Å². The van der Waals surface area contributed by atoms with Crippen molar-refractivity contribution in [3.8, 4) is 0 Å². The SMILES string of the molecule is CC(NC1CCCC1CN)c1ccc(Cl)s1. The van der Waals surface area contributed by atoms with Crippen molar-refractivity contribution in [2.75, 3.05) is 6.54 Å². The quantitative estimate of drug-likeness (QED) is 0.871. The van der Waals surface area contributed by atoms with Crippen LogP contribution in [0.25, 0.3) is 0 Å². The van der Waals surface area contributed by atoms with E-state index in [-0.39, 0.29) is 0 Å². The first-order valence-corrected chi connectivity index (χ1v) is 7.11. The Hall–Kier alpha value is -0.0900. The van der Waals surface area contributed by atoms with Gasteiger partial charge in [-0.15, -0.1) is 11.3 Å². The molecule has 3 unspecified atom stereocenters. The second-order valence-electron chi connectivity index (χ2n) is 4.56. The maximum atomic E-state index is 5.95. The molecule has 0 aromatic carbocycles. The Morgan fingerprint density at radius 2 is 2.38 bits per heavy atom. The third kappa shape index (κ3) is 2.77. The minimum absolute atomic E-state index is 0.384. The van der Waals surface area contributed by atoms with Gasteiger partial charge in [0.25, 0.3) is 0 Å². The Labute approximate surface area is 106 Å². The minimum atomic E-state index is 0.384. The Kier molecular flexibility index (Phi) is 4.25. The molecule has 2 nitrogen and oxygen atoms in total. The first-order chi connectivity index (χ1) is 7.70. The summed E-state index contributed by atoms with van der Waals surface area (Å²) in [6.07, 6.45) is 3.83. The first kappa shape index (κ1) is 12.4. The molecule has 1 aromatic heterocycles. The lowest BCUT2D eigenvalue weighted by Gasteiger charge is -2.23. The van der Waals surface area contributed by atoms with E-state index < -0.39 is 0 Å². The highest BCUT2D eigenvalue weighted by molar-refractivity contribution is 7.16. The summed E-state index contributed by atoms with van der Waals surface area (Å²) in [7, 11) is 0. The van der Waals surface area contributed by atoms with E-state index in [0.29, 0.717) is 18.0 Å². The van der Waals surface area contributed by atoms with Crippen LogP contribution >= 0.6 is 22.9 Å². The molecular formula is C12H19ClN2S. The first-order valence-electron chi connectivity index (χ1n) is 5.92. The summed E-state index contributed by atoms with van der Waals surface area (Å²) < 4.78 is 0.866. The fourth-order valence-electron chi connectivity index (χ4n) is 2.50. The van der Waals surface area contributed by atoms with Gasteiger partial charge in [-0.25, -0.2) is 0 Å². The van der Waals surface area contributed by atoms with Crippen molar-refractivity contribution in [2.45, 2.75) is 38.3 Å². The highest BCUT2D eigenvalue weighted by Gasteiger charge is 2.27. The maximum Gasteiger partial charge on any atom is 0.0931 e. The number of hydrogen-bond donors (Lipinski definition) is 2. The van der Waals surface area contributed by atoms with Gasteiger partial charge in [0.05, 0.1) is 4.34 Å². The summed E-state index contributed by atoms with van der Waals surface area (Å²) in [6, 6.07) is 5.04. The Balaban J connectivity index is 1.94. The normalized spacial score (nSPS) is 27.2. The molecule has 3 atom stereocenters. The molecule has 2 rings (SSSR count). The van der Waals surface area contributed by atoms with Crippen molar-refractivity contribution in [1.29, 1.82) is 0 Å². The summed E-state index contributed by atoms with van der Waals surface area (Å²) in [5, 5.41) is 3.68. The van der Waals surface area contributed by atoms with Crippen LogP contribution in [0.3, 0.4) is 0 Å². The van der Waals surface area contributed by atoms with Crippen LogP contribution in [0.2, 0.25) is 4.34 Å². The second kappa shape index (κ2) is 5.50. The fraction of sp³-hybridized carbons (Fsp3) is 0.667. The third-order valence-electron chi connectivity index (χ3n) is 3.45. The van der Waals surface area contributed by atoms with Gasteiger partial charge in [0.1, 0.15) is 0 Å². The van der Waals surface area contributed by atoms with Crippen LogP contribution in [0, 0.1) is 5.92 Å². The Morgan fingerprint density at radius 1 is 1.56 bits per heavy atom. The zero-order chi connectivity index (χ0) is 11.5. The summed E-state index contributed by atoms with van der Waals surface area (Å²) in [5.74, 6) is 0.651. The number of nitrogens with two attached hydrogens (primary N) is 1. The second-order valence-corrected chi connectivity index (χ2v) is 6.31. The zero-order valence-electron chi connectivity index (χ0n) is 9.58. The van der Waals surface area contributed by atoms with Crippen molar-refractivity contribution < 1.29 is 0 Å². The topological polar surface area (TPSA) is 38.0 Å². The van der Waals surface area contributed by atoms with Gasteiger partial charge in [0.2, 0.25) is 0 Å². The molecule has 0 spiro atoms. The average Bonchev–Trinajstić information content (AvgIpc) is 2.86. The van der Waals surface area contributed by atoms with Crippen molar-refractivity contribution >= 4 is 22.9 Å². The molecule has 16 heavy (non-hydrogen) atoms. The number of thiophene rings is 1. The fourth-order valence-corrected chi connectivity index (χ4v) is 3.58. The summed E-state index contributed by atoms with van der Waals surface area (Å²) >= 11 is 7.61. The highest BCUT2D eigenvalue weighted by Crippen LogP contribution is 2.30. The van der Waals surface area contributed by atoms with Gasteiger partial charge in [-0.1, -0.05) is 18.0 Å². The zero-order valence-corrected chi connectivity index (χ0v) is 11.2. The monoisotopic (exact) mass is 258 g/mol. The molecular weight excluding hydrogens is 240 g/mol. The van der Waals surface area contributed by atoms with Crippen LogP contribution in [0.4, 0.5) is 0 Å². The lowest BCUT2D eigenvalue weighted by atomic mass is 10.0. The van der Waals surface area contributed by atoms with Crippen molar-refractivity contribution in [1.82, 2.24) is 5.32 Å². The Morgan fingerprint density at radius 3 is 3.00 bits per heavy atom. The number of halogens is 1. The largest absolute Gasteiger partial charge is 0.330 e. The van der Waals surface area contributed by atoms with Gasteiger partial charge in [-0.05, 0) is 44.4 Å². The third-order valence-corrected chi connectivity index (χ3v) is 4.86. The van der Waals surface area contributed by atoms with Crippen LogP contribution < -0.4 is 11.1 Å². The molecule has 1 saturated carbocycles. The number of nitrogens with one attached hydrogen (secondary N) is 1. The van der Waals surface area contributed by atoms with E-state index in [1.165, 1.54) is 24.1 Å². The van der Waals surface area contributed by atoms with Gasteiger partial charge in [0, 0.05) is 17.0 Å². The van der Waals surface area contributed by atoms with Gasteiger partial charge in [-0.2, -0.15) is 0 Å². The van der Waals surface area contributed by atoms with Crippen LogP contribution in [0.1, 0.15) is 37.1 Å². The molecule has 1 fully saturated rings. The predicted octanol–water partition coefficient (Wildman–Crippen LogP) is 3.18. The lowest BCUT2D eigenvalue weighted by molar-refractivity contribution is 0.376. The van der Waals surface area contributed by atoms with E-state index in [4.69, 9.17) is 17.3 Å². The van der Waals surface area contributed by atoms with Crippen LogP contribution in [-0.2, 0) is 0 Å². The molecule has 0 bridgehead atoms. The van der Waals surface area contributed by atoms with Gasteiger partial charge in [-0.3, -0.25) is 0 Å². The van der Waals surface area contributed by atoms with E-state index in [9.17, 15) is 0 Å². The van der Waals surface area contributed by atoms with Crippen molar-refractivity contribution in [3.63, 3.8) is 0 Å². The van der Waals surface area contributed by atoms with Crippen LogP contribution in [0.5, 0.6) is 0 Å². The van der Waals surface area contributed by atoms with Crippen molar-refractivity contribution in [3.05, 3.63) is 21.3 Å². The standard InChI is InChI=1S/C12H19ClN2S/c1-8(11-5-6-12(13)16-11)15-10-4-2-3-9(10)7-14/h5-6,8-10,15H,2-4,7,14H2,1H3. The number of hydrogen-bond acceptors (Lipinski definition) is 3. The molecule has 1 aromatic rings. The molecule has 1 heterocycles. The lowest BCUT2D eigenvalue weighted by Crippen LogP contribution is -2.37. The number of rotatable bonds is 4. The van der Waals surface area contributed by atoms with Gasteiger partial charge in [0.15, 0.2) is 0 Å². The minimum Gasteiger partial charge on any atom is -0.330 e. The van der Waals surface area contributed by atoms with E-state index in [1.807, 2.05) is 6.07 Å². The van der Waals surface area contributed by atoms with E-state index in [2.05, 4.69) is 18.3 Å². The summed E-state index contributed by atoms with van der Waals surface area (Å²) in [6.45, 7) is 3.00.